The fourth-order valence-corrected chi connectivity index (χ4v) is 9.83. The van der Waals surface area contributed by atoms with E-state index in [1.165, 1.54) is 218 Å². The molecule has 1 atom stereocenters. The topological polar surface area (TPSA) is 78.9 Å². The molecule has 0 aromatic rings. The minimum atomic E-state index is -0.766. The summed E-state index contributed by atoms with van der Waals surface area (Å²) in [5, 5.41) is 0. The Kier molecular flexibility index (Phi) is 62.2. The zero-order valence-electron chi connectivity index (χ0n) is 50.8. The molecule has 0 aromatic carbocycles. The molecule has 0 aliphatic heterocycles. The van der Waals surface area contributed by atoms with Crippen LogP contribution in [0.3, 0.4) is 0 Å². The number of ether oxygens (including phenoxy) is 3. The van der Waals surface area contributed by atoms with Gasteiger partial charge in [-0.1, -0.05) is 326 Å². The molecule has 0 radical (unpaired) electrons. The second-order valence-electron chi connectivity index (χ2n) is 22.4. The van der Waals surface area contributed by atoms with Crippen LogP contribution in [0.2, 0.25) is 0 Å². The highest BCUT2D eigenvalue weighted by Gasteiger charge is 2.19. The summed E-state index contributed by atoms with van der Waals surface area (Å²) >= 11 is 0. The van der Waals surface area contributed by atoms with E-state index in [1.807, 2.05) is 0 Å². The van der Waals surface area contributed by atoms with Crippen LogP contribution in [0.5, 0.6) is 0 Å². The van der Waals surface area contributed by atoms with Gasteiger partial charge in [-0.05, 0) is 64.2 Å². The molecule has 0 aliphatic carbocycles. The van der Waals surface area contributed by atoms with E-state index in [0.717, 1.165) is 89.9 Å². The summed E-state index contributed by atoms with van der Waals surface area (Å²) < 4.78 is 16.9. The monoisotopic (exact) mass is 1060 g/mol. The van der Waals surface area contributed by atoms with E-state index in [2.05, 4.69) is 81.5 Å². The number of esters is 3. The highest BCUT2D eigenvalue weighted by molar-refractivity contribution is 5.71. The zero-order chi connectivity index (χ0) is 55.0. The summed E-state index contributed by atoms with van der Waals surface area (Å²) in [4.78, 5) is 38.1. The van der Waals surface area contributed by atoms with E-state index in [4.69, 9.17) is 14.2 Å². The van der Waals surface area contributed by atoms with E-state index >= 15 is 0 Å². The van der Waals surface area contributed by atoms with Crippen molar-refractivity contribution in [3.63, 3.8) is 0 Å². The van der Waals surface area contributed by atoms with Crippen molar-refractivity contribution in [1.82, 2.24) is 0 Å². The summed E-state index contributed by atoms with van der Waals surface area (Å²) in [5.74, 6) is -0.846. The molecule has 0 N–H and O–H groups in total. The number of rotatable bonds is 61. The largest absolute Gasteiger partial charge is 0.462 e. The first-order valence-electron chi connectivity index (χ1n) is 33.3. The van der Waals surface area contributed by atoms with Crippen molar-refractivity contribution in [3.05, 3.63) is 60.8 Å². The summed E-state index contributed by atoms with van der Waals surface area (Å²) in [5.41, 5.74) is 0. The summed E-state index contributed by atoms with van der Waals surface area (Å²) in [6.45, 7) is 6.56. The van der Waals surface area contributed by atoms with E-state index in [9.17, 15) is 14.4 Å². The van der Waals surface area contributed by atoms with Crippen molar-refractivity contribution in [2.45, 2.75) is 354 Å². The van der Waals surface area contributed by atoms with E-state index < -0.39 is 6.10 Å². The molecule has 0 saturated carbocycles. The van der Waals surface area contributed by atoms with E-state index in [-0.39, 0.29) is 31.1 Å². The van der Waals surface area contributed by atoms with Crippen molar-refractivity contribution in [2.75, 3.05) is 13.2 Å². The predicted molar refractivity (Wildman–Crippen MR) is 330 cm³/mol. The van der Waals surface area contributed by atoms with Gasteiger partial charge in [0.05, 0.1) is 0 Å². The number of hydrogen-bond donors (Lipinski definition) is 0. The second-order valence-corrected chi connectivity index (χ2v) is 22.4. The third-order valence-electron chi connectivity index (χ3n) is 14.8. The summed E-state index contributed by atoms with van der Waals surface area (Å²) in [6.07, 6.45) is 82.6. The lowest BCUT2D eigenvalue weighted by Gasteiger charge is -2.18. The van der Waals surface area contributed by atoms with Crippen LogP contribution in [-0.2, 0) is 28.6 Å². The molecule has 0 heterocycles. The lowest BCUT2D eigenvalue weighted by atomic mass is 10.0. The van der Waals surface area contributed by atoms with Crippen LogP contribution in [0, 0.1) is 0 Å². The van der Waals surface area contributed by atoms with Gasteiger partial charge >= 0.3 is 17.9 Å². The van der Waals surface area contributed by atoms with Gasteiger partial charge in [0.15, 0.2) is 6.10 Å². The Balaban J connectivity index is 4.00. The molecule has 0 spiro atoms. The first-order chi connectivity index (χ1) is 37.5. The molecule has 0 saturated heterocycles. The first kappa shape index (κ1) is 73.1. The van der Waals surface area contributed by atoms with Crippen LogP contribution >= 0.6 is 0 Å². The van der Waals surface area contributed by atoms with Crippen molar-refractivity contribution < 1.29 is 28.6 Å². The Bertz CT molecular complexity index is 1360. The van der Waals surface area contributed by atoms with Crippen LogP contribution in [-0.4, -0.2) is 37.2 Å². The average molecular weight is 1060 g/mol. The van der Waals surface area contributed by atoms with E-state index in [1.54, 1.807) is 0 Å². The minimum Gasteiger partial charge on any atom is -0.462 e. The third-order valence-corrected chi connectivity index (χ3v) is 14.8. The van der Waals surface area contributed by atoms with Crippen molar-refractivity contribution >= 4 is 17.9 Å². The van der Waals surface area contributed by atoms with Gasteiger partial charge in [0.2, 0.25) is 0 Å². The fraction of sp³-hybridized carbons (Fsp3) is 0.814. The Morgan fingerprint density at radius 2 is 0.513 bits per heavy atom. The van der Waals surface area contributed by atoms with Gasteiger partial charge < -0.3 is 14.2 Å². The highest BCUT2D eigenvalue weighted by Crippen LogP contribution is 2.18. The molecule has 0 rings (SSSR count). The quantitative estimate of drug-likeness (QED) is 0.0261. The molecule has 6 nitrogen and oxygen atoms in total. The number of carbonyl (C=O) groups is 3. The molecule has 0 amide bonds. The predicted octanol–water partition coefficient (Wildman–Crippen LogP) is 22.7. The molecule has 1 unspecified atom stereocenters. The number of unbranched alkanes of at least 4 members (excludes halogenated alkanes) is 40. The Morgan fingerprint density at radius 1 is 0.276 bits per heavy atom. The van der Waals surface area contributed by atoms with Gasteiger partial charge in [-0.3, -0.25) is 14.4 Å². The molecule has 0 aliphatic rings. The van der Waals surface area contributed by atoms with Gasteiger partial charge in [-0.2, -0.15) is 0 Å². The minimum absolute atomic E-state index is 0.0663. The van der Waals surface area contributed by atoms with Crippen LogP contribution in [0.15, 0.2) is 60.8 Å². The van der Waals surface area contributed by atoms with Crippen molar-refractivity contribution in [2.24, 2.45) is 0 Å². The maximum absolute atomic E-state index is 12.8. The zero-order valence-corrected chi connectivity index (χ0v) is 50.8. The van der Waals surface area contributed by atoms with Crippen molar-refractivity contribution in [1.29, 1.82) is 0 Å². The lowest BCUT2D eigenvalue weighted by Crippen LogP contribution is -2.30. The van der Waals surface area contributed by atoms with E-state index in [0.29, 0.717) is 19.3 Å². The van der Waals surface area contributed by atoms with Crippen LogP contribution in [0.1, 0.15) is 348 Å². The Morgan fingerprint density at radius 3 is 0.803 bits per heavy atom. The van der Waals surface area contributed by atoms with Crippen LogP contribution in [0.25, 0.3) is 0 Å². The number of allylic oxidation sites excluding steroid dienone is 10. The molecule has 0 bridgehead atoms. The first-order valence-corrected chi connectivity index (χ1v) is 33.3. The molecular formula is C70H126O6. The average Bonchev–Trinajstić information content (AvgIpc) is 3.42. The Hall–Kier alpha value is -2.89. The molecule has 76 heavy (non-hydrogen) atoms. The lowest BCUT2D eigenvalue weighted by molar-refractivity contribution is -0.167. The normalized spacial score (nSPS) is 12.4. The van der Waals surface area contributed by atoms with Gasteiger partial charge in [0.25, 0.3) is 0 Å². The molecule has 0 aromatic heterocycles. The second kappa shape index (κ2) is 64.6. The molecule has 442 valence electrons. The standard InChI is InChI=1S/C70H126O6/c1-4-7-10-13-16-19-22-24-25-26-27-28-29-30-31-32-33-34-35-36-37-38-39-40-41-42-43-44-45-47-48-51-54-57-60-63-69(72)75-66-67(65-74-68(71)62-59-56-53-50-21-18-15-12-9-6-3)76-70(73)64-61-58-55-52-49-46-23-20-17-14-11-8-5-2/h7,10,16,19,24-25,27-28,30-31,67H,4-6,8-9,11-15,17-18,20-23,26,29,32-66H2,1-3H3/b10-7-,19-16-,25-24-,28-27-,31-30-. The molecule has 6 heteroatoms. The summed E-state index contributed by atoms with van der Waals surface area (Å²) in [7, 11) is 0. The number of hydrogen-bond acceptors (Lipinski definition) is 6. The Labute approximate surface area is 472 Å². The molecular weight excluding hydrogens is 937 g/mol. The third kappa shape index (κ3) is 62.0. The SMILES string of the molecule is CC/C=C\C/C=C\C/C=C\C/C=C\C/C=C\CCCCCCCCCCCCCCCCCCCCCC(=O)OCC(COC(=O)CCCCCCCCCCCC)OC(=O)CCCCCCCCCCCCCCC. The van der Waals surface area contributed by atoms with Gasteiger partial charge in [0, 0.05) is 19.3 Å². The maximum atomic E-state index is 12.8. The maximum Gasteiger partial charge on any atom is 0.306 e. The highest BCUT2D eigenvalue weighted by atomic mass is 16.6. The molecule has 0 fully saturated rings. The van der Waals surface area contributed by atoms with Gasteiger partial charge in [-0.25, -0.2) is 0 Å². The number of carbonyl (C=O) groups excluding carboxylic acids is 3. The van der Waals surface area contributed by atoms with Crippen LogP contribution in [0.4, 0.5) is 0 Å². The van der Waals surface area contributed by atoms with Crippen molar-refractivity contribution in [3.8, 4) is 0 Å². The van der Waals surface area contributed by atoms with Crippen LogP contribution < -0.4 is 0 Å². The smallest absolute Gasteiger partial charge is 0.306 e. The fourth-order valence-electron chi connectivity index (χ4n) is 9.83. The van der Waals surface area contributed by atoms with Gasteiger partial charge in [0.1, 0.15) is 13.2 Å². The van der Waals surface area contributed by atoms with Gasteiger partial charge in [-0.15, -0.1) is 0 Å². The summed E-state index contributed by atoms with van der Waals surface area (Å²) in [6, 6.07) is 0.